The van der Waals surface area contributed by atoms with Crippen LogP contribution in [0.4, 0.5) is 11.4 Å². The standard InChI is InChI=1S/C20H16N2O3/c23-20(21-18-10-12-19(13-11-18)22(24)25)14-15-6-8-17(9-7-15)16-4-2-1-3-5-16/h1-13H,14H2,(H,21,23). The fraction of sp³-hybridized carbons (Fsp3) is 0.0500. The summed E-state index contributed by atoms with van der Waals surface area (Å²) >= 11 is 0. The zero-order valence-electron chi connectivity index (χ0n) is 13.4. The number of benzene rings is 3. The van der Waals surface area contributed by atoms with Crippen molar-refractivity contribution >= 4 is 17.3 Å². The molecule has 0 aromatic heterocycles. The SMILES string of the molecule is O=C(Cc1ccc(-c2ccccc2)cc1)Nc1ccc([N+](=O)[O-])cc1. The highest BCUT2D eigenvalue weighted by molar-refractivity contribution is 5.92. The van der Waals surface area contributed by atoms with Gasteiger partial charge in [0, 0.05) is 17.8 Å². The van der Waals surface area contributed by atoms with Gasteiger partial charge in [-0.2, -0.15) is 0 Å². The minimum atomic E-state index is -0.472. The number of anilines is 1. The molecule has 3 aromatic carbocycles. The Balaban J connectivity index is 1.62. The largest absolute Gasteiger partial charge is 0.326 e. The molecular formula is C20H16N2O3. The minimum absolute atomic E-state index is 0.00509. The van der Waals surface area contributed by atoms with Crippen LogP contribution in [0, 0.1) is 10.1 Å². The van der Waals surface area contributed by atoms with Gasteiger partial charge in [-0.05, 0) is 28.8 Å². The third-order valence-corrected chi connectivity index (χ3v) is 3.79. The highest BCUT2D eigenvalue weighted by Gasteiger charge is 2.07. The van der Waals surface area contributed by atoms with E-state index in [9.17, 15) is 14.9 Å². The van der Waals surface area contributed by atoms with E-state index in [4.69, 9.17) is 0 Å². The van der Waals surface area contributed by atoms with Crippen LogP contribution in [0.15, 0.2) is 78.9 Å². The normalized spacial score (nSPS) is 10.2. The summed E-state index contributed by atoms with van der Waals surface area (Å²) in [5.74, 6) is -0.165. The van der Waals surface area contributed by atoms with E-state index in [2.05, 4.69) is 5.32 Å². The van der Waals surface area contributed by atoms with Gasteiger partial charge in [-0.15, -0.1) is 0 Å². The topological polar surface area (TPSA) is 72.2 Å². The molecule has 0 saturated carbocycles. The molecule has 1 amide bonds. The Kier molecular flexibility index (Phi) is 4.85. The lowest BCUT2D eigenvalue weighted by Gasteiger charge is -2.06. The number of nitro groups is 1. The summed E-state index contributed by atoms with van der Waals surface area (Å²) in [7, 11) is 0. The highest BCUT2D eigenvalue weighted by Crippen LogP contribution is 2.20. The molecule has 0 unspecified atom stereocenters. The average molecular weight is 332 g/mol. The van der Waals surface area contributed by atoms with Gasteiger partial charge in [-0.1, -0.05) is 54.6 Å². The number of rotatable bonds is 5. The summed E-state index contributed by atoms with van der Waals surface area (Å²) in [6.45, 7) is 0. The first-order valence-corrected chi connectivity index (χ1v) is 7.80. The van der Waals surface area contributed by atoms with Crippen LogP contribution in [0.25, 0.3) is 11.1 Å². The second-order valence-electron chi connectivity index (χ2n) is 5.59. The molecule has 0 fully saturated rings. The molecule has 0 bridgehead atoms. The first-order valence-electron chi connectivity index (χ1n) is 7.80. The zero-order valence-corrected chi connectivity index (χ0v) is 13.4. The number of carbonyl (C=O) groups is 1. The summed E-state index contributed by atoms with van der Waals surface area (Å²) in [5, 5.41) is 13.4. The molecule has 5 heteroatoms. The van der Waals surface area contributed by atoms with Gasteiger partial charge in [0.05, 0.1) is 11.3 Å². The second kappa shape index (κ2) is 7.40. The van der Waals surface area contributed by atoms with E-state index in [1.54, 1.807) is 0 Å². The van der Waals surface area contributed by atoms with Gasteiger partial charge in [0.25, 0.3) is 5.69 Å². The van der Waals surface area contributed by atoms with Crippen molar-refractivity contribution in [2.24, 2.45) is 0 Å². The molecule has 0 atom stereocenters. The fourth-order valence-corrected chi connectivity index (χ4v) is 2.50. The Labute approximate surface area is 145 Å². The molecule has 1 N–H and O–H groups in total. The van der Waals surface area contributed by atoms with Crippen LogP contribution in [0.5, 0.6) is 0 Å². The van der Waals surface area contributed by atoms with Gasteiger partial charge in [-0.3, -0.25) is 14.9 Å². The van der Waals surface area contributed by atoms with Crippen LogP contribution in [-0.2, 0) is 11.2 Å². The van der Waals surface area contributed by atoms with Gasteiger partial charge in [-0.25, -0.2) is 0 Å². The number of hydrogen-bond donors (Lipinski definition) is 1. The van der Waals surface area contributed by atoms with Crippen molar-refractivity contribution in [2.75, 3.05) is 5.32 Å². The highest BCUT2D eigenvalue weighted by atomic mass is 16.6. The third-order valence-electron chi connectivity index (χ3n) is 3.79. The van der Waals surface area contributed by atoms with Crippen LogP contribution in [0.3, 0.4) is 0 Å². The second-order valence-corrected chi connectivity index (χ2v) is 5.59. The maximum atomic E-state index is 12.1. The van der Waals surface area contributed by atoms with Crippen molar-refractivity contribution in [3.63, 3.8) is 0 Å². The molecule has 0 spiro atoms. The summed E-state index contributed by atoms with van der Waals surface area (Å²) in [4.78, 5) is 22.3. The predicted molar refractivity (Wildman–Crippen MR) is 97.3 cm³/mol. The smallest absolute Gasteiger partial charge is 0.269 e. The molecule has 0 saturated heterocycles. The molecule has 0 aliphatic heterocycles. The van der Waals surface area contributed by atoms with Crippen molar-refractivity contribution in [3.8, 4) is 11.1 Å². The van der Waals surface area contributed by atoms with Crippen molar-refractivity contribution < 1.29 is 9.72 Å². The lowest BCUT2D eigenvalue weighted by atomic mass is 10.0. The monoisotopic (exact) mass is 332 g/mol. The Bertz CT molecular complexity index is 873. The maximum Gasteiger partial charge on any atom is 0.269 e. The predicted octanol–water partition coefficient (Wildman–Crippen LogP) is 4.44. The van der Waals surface area contributed by atoms with Gasteiger partial charge < -0.3 is 5.32 Å². The van der Waals surface area contributed by atoms with Crippen molar-refractivity contribution in [2.45, 2.75) is 6.42 Å². The number of amides is 1. The van der Waals surface area contributed by atoms with E-state index >= 15 is 0 Å². The molecule has 25 heavy (non-hydrogen) atoms. The van der Waals surface area contributed by atoms with Gasteiger partial charge in [0.1, 0.15) is 0 Å². The number of nitrogens with one attached hydrogen (secondary N) is 1. The molecule has 0 aliphatic carbocycles. The number of carbonyl (C=O) groups excluding carboxylic acids is 1. The Morgan fingerprint density at radius 2 is 1.44 bits per heavy atom. The molecule has 0 radical (unpaired) electrons. The molecule has 0 heterocycles. The van der Waals surface area contributed by atoms with Crippen LogP contribution in [0.2, 0.25) is 0 Å². The van der Waals surface area contributed by atoms with Crippen LogP contribution >= 0.6 is 0 Å². The Morgan fingerprint density at radius 1 is 0.840 bits per heavy atom. The zero-order chi connectivity index (χ0) is 17.6. The van der Waals surface area contributed by atoms with Crippen molar-refractivity contribution in [1.29, 1.82) is 0 Å². The number of nitrogens with zero attached hydrogens (tertiary/aromatic N) is 1. The molecular weight excluding hydrogens is 316 g/mol. The maximum absolute atomic E-state index is 12.1. The average Bonchev–Trinajstić information content (AvgIpc) is 2.63. The molecule has 0 aliphatic rings. The van der Waals surface area contributed by atoms with E-state index in [1.165, 1.54) is 24.3 Å². The van der Waals surface area contributed by atoms with Crippen LogP contribution in [0.1, 0.15) is 5.56 Å². The number of nitro benzene ring substituents is 1. The summed E-state index contributed by atoms with van der Waals surface area (Å²) in [6.07, 6.45) is 0.242. The summed E-state index contributed by atoms with van der Waals surface area (Å²) in [5.41, 5.74) is 3.66. The number of hydrogen-bond acceptors (Lipinski definition) is 3. The quantitative estimate of drug-likeness (QED) is 0.554. The van der Waals surface area contributed by atoms with Crippen molar-refractivity contribution in [3.05, 3.63) is 94.5 Å². The summed E-state index contributed by atoms with van der Waals surface area (Å²) in [6, 6.07) is 23.6. The van der Waals surface area contributed by atoms with Gasteiger partial charge >= 0.3 is 0 Å². The third kappa shape index (κ3) is 4.29. The molecule has 3 aromatic rings. The first-order chi connectivity index (χ1) is 12.1. The van der Waals surface area contributed by atoms with E-state index in [1.807, 2.05) is 54.6 Å². The van der Waals surface area contributed by atoms with E-state index in [0.29, 0.717) is 5.69 Å². The lowest BCUT2D eigenvalue weighted by Crippen LogP contribution is -2.14. The van der Waals surface area contributed by atoms with Crippen LogP contribution < -0.4 is 5.32 Å². The lowest BCUT2D eigenvalue weighted by molar-refractivity contribution is -0.384. The van der Waals surface area contributed by atoms with Crippen LogP contribution in [-0.4, -0.2) is 10.8 Å². The van der Waals surface area contributed by atoms with Crippen molar-refractivity contribution in [1.82, 2.24) is 0 Å². The first kappa shape index (κ1) is 16.4. The van der Waals surface area contributed by atoms with E-state index in [-0.39, 0.29) is 18.0 Å². The Hall–Kier alpha value is -3.47. The molecule has 124 valence electrons. The number of non-ortho nitro benzene ring substituents is 1. The van der Waals surface area contributed by atoms with E-state index < -0.39 is 4.92 Å². The Morgan fingerprint density at radius 3 is 2.04 bits per heavy atom. The van der Waals surface area contributed by atoms with E-state index in [0.717, 1.165) is 16.7 Å². The summed E-state index contributed by atoms with van der Waals surface area (Å²) < 4.78 is 0. The molecule has 3 rings (SSSR count). The fourth-order valence-electron chi connectivity index (χ4n) is 2.50. The molecule has 5 nitrogen and oxygen atoms in total. The minimum Gasteiger partial charge on any atom is -0.326 e. The van der Waals surface area contributed by atoms with Gasteiger partial charge in [0.15, 0.2) is 0 Å². The van der Waals surface area contributed by atoms with Gasteiger partial charge in [0.2, 0.25) is 5.91 Å².